The number of anilines is 2. The van der Waals surface area contributed by atoms with E-state index < -0.39 is 24.0 Å². The van der Waals surface area contributed by atoms with Crippen molar-refractivity contribution in [2.75, 3.05) is 18.6 Å². The van der Waals surface area contributed by atoms with E-state index in [0.29, 0.717) is 5.69 Å². The molecular formula is C14H13ClF3N2OP. The molecule has 2 rings (SSSR count). The van der Waals surface area contributed by atoms with E-state index in [9.17, 15) is 17.7 Å². The van der Waals surface area contributed by atoms with E-state index in [-0.39, 0.29) is 5.82 Å². The van der Waals surface area contributed by atoms with Gasteiger partial charge in [-0.15, -0.1) is 0 Å². The zero-order valence-corrected chi connectivity index (χ0v) is 13.4. The van der Waals surface area contributed by atoms with Gasteiger partial charge in [0.1, 0.15) is 18.1 Å². The Balaban J connectivity index is 2.21. The maximum atomic E-state index is 12.6. The number of nitrogens with zero attached hydrogens (tertiary/aromatic N) is 1. The fraction of sp³-hybridized carbons (Fsp3) is 0.214. The predicted octanol–water partition coefficient (Wildman–Crippen LogP) is 4.75. The van der Waals surface area contributed by atoms with Crippen LogP contribution in [0, 0.1) is 0 Å². The standard InChI is InChI=1S/C14H13ClF3N2OP/c1-22(2,21)10-5-3-9(4-6-10)19-12-8-7-11(13(15)20-12)14(16,17)18/h3-8H,1-2H3,(H,19,20). The van der Waals surface area contributed by atoms with Crippen LogP contribution in [0.1, 0.15) is 5.56 Å². The summed E-state index contributed by atoms with van der Waals surface area (Å²) in [6.07, 6.45) is -4.53. The highest BCUT2D eigenvalue weighted by Crippen LogP contribution is 2.36. The third-order valence-electron chi connectivity index (χ3n) is 2.92. The molecule has 1 heterocycles. The lowest BCUT2D eigenvalue weighted by Crippen LogP contribution is -2.08. The van der Waals surface area contributed by atoms with Crippen LogP contribution < -0.4 is 10.6 Å². The largest absolute Gasteiger partial charge is 0.419 e. The van der Waals surface area contributed by atoms with E-state index in [0.717, 1.165) is 11.4 Å². The van der Waals surface area contributed by atoms with Gasteiger partial charge in [0.2, 0.25) is 0 Å². The van der Waals surface area contributed by atoms with Crippen LogP contribution in [0.5, 0.6) is 0 Å². The van der Waals surface area contributed by atoms with E-state index in [2.05, 4.69) is 10.3 Å². The molecule has 0 bridgehead atoms. The van der Waals surface area contributed by atoms with Crippen LogP contribution in [-0.4, -0.2) is 18.3 Å². The summed E-state index contributed by atoms with van der Waals surface area (Å²) >= 11 is 5.56. The van der Waals surface area contributed by atoms with Crippen LogP contribution >= 0.6 is 18.7 Å². The molecule has 0 saturated carbocycles. The minimum absolute atomic E-state index is 0.196. The first kappa shape index (κ1) is 16.8. The zero-order valence-electron chi connectivity index (χ0n) is 11.8. The van der Waals surface area contributed by atoms with Crippen molar-refractivity contribution in [1.29, 1.82) is 0 Å². The maximum absolute atomic E-state index is 12.6. The number of rotatable bonds is 3. The fourth-order valence-electron chi connectivity index (χ4n) is 1.77. The minimum Gasteiger partial charge on any atom is -0.340 e. The molecule has 0 saturated heterocycles. The molecule has 0 amide bonds. The van der Waals surface area contributed by atoms with Crippen molar-refractivity contribution < 1.29 is 17.7 Å². The SMILES string of the molecule is CP(C)(=O)c1ccc(Nc2ccc(C(F)(F)F)c(Cl)n2)cc1. The molecule has 22 heavy (non-hydrogen) atoms. The number of nitrogens with one attached hydrogen (secondary N) is 1. The highest BCUT2D eigenvalue weighted by molar-refractivity contribution is 7.70. The van der Waals surface area contributed by atoms with Gasteiger partial charge in [-0.2, -0.15) is 13.2 Å². The molecule has 0 unspecified atom stereocenters. The number of hydrogen-bond donors (Lipinski definition) is 1. The van der Waals surface area contributed by atoms with Gasteiger partial charge in [-0.1, -0.05) is 11.6 Å². The highest BCUT2D eigenvalue weighted by atomic mass is 35.5. The molecule has 118 valence electrons. The lowest BCUT2D eigenvalue weighted by molar-refractivity contribution is -0.137. The number of hydrogen-bond acceptors (Lipinski definition) is 3. The third kappa shape index (κ3) is 4.02. The fourth-order valence-corrected chi connectivity index (χ4v) is 2.90. The Morgan fingerprint density at radius 3 is 2.14 bits per heavy atom. The van der Waals surface area contributed by atoms with Gasteiger partial charge in [0.25, 0.3) is 0 Å². The molecule has 0 fully saturated rings. The Hall–Kier alpha value is -1.52. The van der Waals surface area contributed by atoms with E-state index >= 15 is 0 Å². The normalized spacial score (nSPS) is 12.3. The van der Waals surface area contributed by atoms with Crippen molar-refractivity contribution in [3.8, 4) is 0 Å². The molecule has 1 aromatic heterocycles. The predicted molar refractivity (Wildman–Crippen MR) is 83.1 cm³/mol. The zero-order chi connectivity index (χ0) is 16.5. The van der Waals surface area contributed by atoms with Crippen molar-refractivity contribution in [1.82, 2.24) is 4.98 Å². The minimum atomic E-state index is -4.53. The van der Waals surface area contributed by atoms with Gasteiger partial charge in [-0.05, 0) is 49.7 Å². The molecular weight excluding hydrogens is 336 g/mol. The Morgan fingerprint density at radius 1 is 1.09 bits per heavy atom. The second kappa shape index (κ2) is 5.94. The molecule has 0 aliphatic heterocycles. The summed E-state index contributed by atoms with van der Waals surface area (Å²) in [5.41, 5.74) is -0.367. The van der Waals surface area contributed by atoms with E-state index in [4.69, 9.17) is 11.6 Å². The van der Waals surface area contributed by atoms with Gasteiger partial charge in [0, 0.05) is 11.0 Å². The first-order valence-corrected chi connectivity index (χ1v) is 9.21. The van der Waals surface area contributed by atoms with E-state index in [1.807, 2.05) is 0 Å². The van der Waals surface area contributed by atoms with Gasteiger partial charge in [0.05, 0.1) is 5.56 Å². The average molecular weight is 349 g/mol. The number of alkyl halides is 3. The maximum Gasteiger partial charge on any atom is 0.419 e. The van der Waals surface area contributed by atoms with Gasteiger partial charge >= 0.3 is 6.18 Å². The lowest BCUT2D eigenvalue weighted by atomic mass is 10.2. The van der Waals surface area contributed by atoms with E-state index in [1.165, 1.54) is 6.07 Å². The Morgan fingerprint density at radius 2 is 1.68 bits per heavy atom. The molecule has 0 aliphatic carbocycles. The van der Waals surface area contributed by atoms with Crippen molar-refractivity contribution in [3.63, 3.8) is 0 Å². The summed E-state index contributed by atoms with van der Waals surface area (Å²) in [7, 11) is -2.34. The van der Waals surface area contributed by atoms with Crippen LogP contribution in [0.15, 0.2) is 36.4 Å². The van der Waals surface area contributed by atoms with Crippen LogP contribution in [0.25, 0.3) is 0 Å². The second-order valence-electron chi connectivity index (χ2n) is 5.06. The van der Waals surface area contributed by atoms with Crippen LogP contribution in [0.3, 0.4) is 0 Å². The number of benzene rings is 1. The molecule has 3 nitrogen and oxygen atoms in total. The van der Waals surface area contributed by atoms with Gasteiger partial charge in [-0.25, -0.2) is 4.98 Å². The van der Waals surface area contributed by atoms with Gasteiger partial charge in [0.15, 0.2) is 0 Å². The highest BCUT2D eigenvalue weighted by Gasteiger charge is 2.33. The number of aromatic nitrogens is 1. The smallest absolute Gasteiger partial charge is 0.340 e. The van der Waals surface area contributed by atoms with Crippen molar-refractivity contribution >= 4 is 35.6 Å². The van der Waals surface area contributed by atoms with E-state index in [1.54, 1.807) is 37.6 Å². The van der Waals surface area contributed by atoms with Crippen molar-refractivity contribution in [3.05, 3.63) is 47.1 Å². The van der Waals surface area contributed by atoms with Crippen molar-refractivity contribution in [2.24, 2.45) is 0 Å². The molecule has 1 N–H and O–H groups in total. The summed E-state index contributed by atoms with van der Waals surface area (Å²) in [4.78, 5) is 3.69. The summed E-state index contributed by atoms with van der Waals surface area (Å²) in [5, 5.41) is 2.96. The first-order chi connectivity index (χ1) is 10.1. The van der Waals surface area contributed by atoms with Crippen molar-refractivity contribution in [2.45, 2.75) is 6.18 Å². The molecule has 2 aromatic rings. The summed E-state index contributed by atoms with van der Waals surface area (Å²) in [5.74, 6) is 0.196. The Kier molecular flexibility index (Phi) is 4.54. The van der Waals surface area contributed by atoms with Gasteiger partial charge in [-0.3, -0.25) is 0 Å². The molecule has 0 aliphatic rings. The van der Waals surface area contributed by atoms with Crippen LogP contribution in [-0.2, 0) is 10.7 Å². The topological polar surface area (TPSA) is 42.0 Å². The van der Waals surface area contributed by atoms with Crippen LogP contribution in [0.4, 0.5) is 24.7 Å². The Labute approximate surface area is 130 Å². The lowest BCUT2D eigenvalue weighted by Gasteiger charge is -2.12. The summed E-state index contributed by atoms with van der Waals surface area (Å²) in [6, 6.07) is 8.85. The molecule has 1 aromatic carbocycles. The summed E-state index contributed by atoms with van der Waals surface area (Å²) in [6.45, 7) is 3.32. The molecule has 0 atom stereocenters. The summed E-state index contributed by atoms with van der Waals surface area (Å²) < 4.78 is 49.7. The van der Waals surface area contributed by atoms with Gasteiger partial charge < -0.3 is 9.88 Å². The monoisotopic (exact) mass is 348 g/mol. The average Bonchev–Trinajstić information content (AvgIpc) is 2.36. The second-order valence-corrected chi connectivity index (χ2v) is 8.63. The third-order valence-corrected chi connectivity index (χ3v) is 4.75. The number of pyridine rings is 1. The quantitative estimate of drug-likeness (QED) is 0.643. The first-order valence-electron chi connectivity index (χ1n) is 6.24. The molecule has 0 spiro atoms. The van der Waals surface area contributed by atoms with Crippen LogP contribution in [0.2, 0.25) is 5.15 Å². The molecule has 8 heteroatoms. The molecule has 0 radical (unpaired) electrons. The Bertz CT molecular complexity index is 726. The number of halogens is 4.